The van der Waals surface area contributed by atoms with Gasteiger partial charge in [0.2, 0.25) is 0 Å². The van der Waals surface area contributed by atoms with Crippen molar-refractivity contribution in [2.45, 2.75) is 120 Å². The molecule has 0 aromatic heterocycles. The Kier molecular flexibility index (Phi) is 12.5. The van der Waals surface area contributed by atoms with Gasteiger partial charge in [0.15, 0.2) is 9.84 Å². The quantitative estimate of drug-likeness (QED) is 0.236. The molecule has 1 aromatic carbocycles. The summed E-state index contributed by atoms with van der Waals surface area (Å²) in [5.41, 5.74) is 2.15. The van der Waals surface area contributed by atoms with Gasteiger partial charge in [-0.05, 0) is 80.1 Å². The molecule has 7 nitrogen and oxygen atoms in total. The number of sulfone groups is 1. The van der Waals surface area contributed by atoms with Gasteiger partial charge in [0.05, 0.1) is 47.3 Å². The Morgan fingerprint density at radius 1 is 0.953 bits per heavy atom. The maximum Gasteiger partial charge on any atom is 0.178 e. The summed E-state index contributed by atoms with van der Waals surface area (Å²) in [6.07, 6.45) is 6.71. The van der Waals surface area contributed by atoms with Crippen molar-refractivity contribution in [1.82, 2.24) is 0 Å². The van der Waals surface area contributed by atoms with Crippen LogP contribution in [0.2, 0.25) is 0 Å². The number of hydrogen-bond acceptors (Lipinski definition) is 7. The van der Waals surface area contributed by atoms with Crippen LogP contribution in [0.5, 0.6) is 0 Å². The average molecular weight is 619 g/mol. The fourth-order valence-electron chi connectivity index (χ4n) is 7.20. The van der Waals surface area contributed by atoms with Crippen molar-refractivity contribution in [2.24, 2.45) is 23.7 Å². The number of benzene rings is 1. The standard InChI is InChI=1S/C35H54O7S/c1-6-23(2)17-34-30(21-37)31(22-43(38,39)29-12-8-7-9-13-29)35(42-34)20-33-26(5)24(3)18-28(41-33)14-15-32-25(4)19-27(40-32)11-10-16-36/h7-9,12-13,23-24,27-28,30-37H,4-6,10-11,14-22H2,1-3H3/t23-,24-,27+,28?,30-,31-,32+,33-,34-,35?/m1/s1. The van der Waals surface area contributed by atoms with E-state index in [1.165, 1.54) is 0 Å². The first-order valence-corrected chi connectivity index (χ1v) is 18.0. The molecule has 3 aliphatic heterocycles. The highest BCUT2D eigenvalue weighted by atomic mass is 32.2. The van der Waals surface area contributed by atoms with Crippen molar-refractivity contribution in [3.05, 3.63) is 54.6 Å². The van der Waals surface area contributed by atoms with Gasteiger partial charge in [0.25, 0.3) is 0 Å². The number of aliphatic hydroxyl groups is 2. The molecule has 3 aliphatic rings. The number of rotatable bonds is 15. The van der Waals surface area contributed by atoms with E-state index in [2.05, 4.69) is 33.9 Å². The van der Waals surface area contributed by atoms with Crippen LogP contribution in [0.1, 0.15) is 78.6 Å². The van der Waals surface area contributed by atoms with Gasteiger partial charge in [-0.2, -0.15) is 0 Å². The molecular formula is C35H54O7S. The van der Waals surface area contributed by atoms with Crippen molar-refractivity contribution in [3.63, 3.8) is 0 Å². The van der Waals surface area contributed by atoms with Crippen molar-refractivity contribution >= 4 is 9.84 Å². The highest BCUT2D eigenvalue weighted by molar-refractivity contribution is 7.91. The van der Waals surface area contributed by atoms with Crippen LogP contribution in [-0.2, 0) is 24.0 Å². The van der Waals surface area contributed by atoms with E-state index >= 15 is 0 Å². The number of hydrogen-bond donors (Lipinski definition) is 2. The van der Waals surface area contributed by atoms with Gasteiger partial charge < -0.3 is 24.4 Å². The molecular weight excluding hydrogens is 564 g/mol. The lowest BCUT2D eigenvalue weighted by atomic mass is 9.81. The van der Waals surface area contributed by atoms with Gasteiger partial charge in [0.1, 0.15) is 0 Å². The lowest BCUT2D eigenvalue weighted by molar-refractivity contribution is -0.0739. The highest BCUT2D eigenvalue weighted by Gasteiger charge is 2.48. The third-order valence-electron chi connectivity index (χ3n) is 10.1. The molecule has 0 bridgehead atoms. The minimum Gasteiger partial charge on any atom is -0.396 e. The van der Waals surface area contributed by atoms with Gasteiger partial charge in [-0.3, -0.25) is 0 Å². The number of aliphatic hydroxyl groups excluding tert-OH is 2. The van der Waals surface area contributed by atoms with Crippen LogP contribution in [0.4, 0.5) is 0 Å². The zero-order chi connectivity index (χ0) is 31.1. The largest absolute Gasteiger partial charge is 0.396 e. The Morgan fingerprint density at radius 3 is 2.35 bits per heavy atom. The maximum absolute atomic E-state index is 13.5. The third-order valence-corrected chi connectivity index (χ3v) is 11.9. The van der Waals surface area contributed by atoms with E-state index in [4.69, 9.17) is 19.3 Å². The molecule has 3 fully saturated rings. The van der Waals surface area contributed by atoms with Crippen LogP contribution in [0.25, 0.3) is 0 Å². The summed E-state index contributed by atoms with van der Waals surface area (Å²) < 4.78 is 46.7. The lowest BCUT2D eigenvalue weighted by Gasteiger charge is -2.38. The molecule has 0 spiro atoms. The molecule has 1 aromatic rings. The van der Waals surface area contributed by atoms with Crippen molar-refractivity contribution in [1.29, 1.82) is 0 Å². The second-order valence-corrected chi connectivity index (χ2v) is 15.3. The Morgan fingerprint density at radius 2 is 1.67 bits per heavy atom. The monoisotopic (exact) mass is 618 g/mol. The predicted octanol–water partition coefficient (Wildman–Crippen LogP) is 5.89. The molecule has 0 radical (unpaired) electrons. The molecule has 10 atom stereocenters. The Labute approximate surface area is 259 Å². The van der Waals surface area contributed by atoms with Crippen LogP contribution in [-0.4, -0.2) is 74.2 Å². The van der Waals surface area contributed by atoms with Crippen LogP contribution in [0, 0.1) is 23.7 Å². The summed E-state index contributed by atoms with van der Waals surface area (Å²) >= 11 is 0. The van der Waals surface area contributed by atoms with Crippen molar-refractivity contribution in [2.75, 3.05) is 19.0 Å². The first kappa shape index (κ1) is 34.3. The van der Waals surface area contributed by atoms with Crippen LogP contribution < -0.4 is 0 Å². The normalized spacial score (nSPS) is 34.1. The molecule has 43 heavy (non-hydrogen) atoms. The summed E-state index contributed by atoms with van der Waals surface area (Å²) in [4.78, 5) is 0.303. The van der Waals surface area contributed by atoms with Crippen molar-refractivity contribution < 1.29 is 32.8 Å². The predicted molar refractivity (Wildman–Crippen MR) is 169 cm³/mol. The van der Waals surface area contributed by atoms with E-state index in [9.17, 15) is 13.5 Å². The lowest BCUT2D eigenvalue weighted by Crippen LogP contribution is -2.39. The van der Waals surface area contributed by atoms with Crippen molar-refractivity contribution in [3.8, 4) is 0 Å². The fraction of sp³-hybridized carbons (Fsp3) is 0.714. The molecule has 3 heterocycles. The van der Waals surface area contributed by atoms with E-state index in [1.807, 2.05) is 6.07 Å². The molecule has 0 aliphatic carbocycles. The van der Waals surface area contributed by atoms with E-state index in [0.717, 1.165) is 62.5 Å². The summed E-state index contributed by atoms with van der Waals surface area (Å²) in [6, 6.07) is 8.58. The molecule has 242 valence electrons. The molecule has 0 saturated carbocycles. The Balaban J connectivity index is 1.46. The van der Waals surface area contributed by atoms with Gasteiger partial charge in [0, 0.05) is 31.5 Å². The van der Waals surface area contributed by atoms with Gasteiger partial charge in [-0.25, -0.2) is 8.42 Å². The van der Waals surface area contributed by atoms with Crippen LogP contribution >= 0.6 is 0 Å². The van der Waals surface area contributed by atoms with E-state index < -0.39 is 9.84 Å². The summed E-state index contributed by atoms with van der Waals surface area (Å²) in [6.45, 7) is 15.2. The molecule has 8 heteroatoms. The van der Waals surface area contributed by atoms with Crippen LogP contribution in [0.3, 0.4) is 0 Å². The summed E-state index contributed by atoms with van der Waals surface area (Å²) in [5.74, 6) is 0.00600. The molecule has 0 amide bonds. The Hall–Kier alpha value is -1.55. The Bertz CT molecular complexity index is 1150. The SMILES string of the molecule is C=C1C[C@H](CCCO)O[C@H]1CCC1C[C@@H](C)C(=C)[C@@H](CC2O[C@H](C[C@H](C)CC)[C@H](CO)[C@H]2CS(=O)(=O)c2ccccc2)O1. The van der Waals surface area contributed by atoms with Gasteiger partial charge >= 0.3 is 0 Å². The number of ether oxygens (including phenoxy) is 3. The topological polar surface area (TPSA) is 102 Å². The minimum absolute atomic E-state index is 0.0172. The van der Waals surface area contributed by atoms with E-state index in [1.54, 1.807) is 24.3 Å². The average Bonchev–Trinajstić information content (AvgIpc) is 3.50. The van der Waals surface area contributed by atoms with Gasteiger partial charge in [-0.1, -0.05) is 58.5 Å². The molecule has 2 unspecified atom stereocenters. The molecule has 3 saturated heterocycles. The summed E-state index contributed by atoms with van der Waals surface area (Å²) in [5, 5.41) is 19.7. The van der Waals surface area contributed by atoms with E-state index in [0.29, 0.717) is 17.2 Å². The molecule has 2 N–H and O–H groups in total. The molecule has 4 rings (SSSR count). The smallest absolute Gasteiger partial charge is 0.178 e. The van der Waals surface area contributed by atoms with Gasteiger partial charge in [-0.15, -0.1) is 0 Å². The summed E-state index contributed by atoms with van der Waals surface area (Å²) in [7, 11) is -3.58. The first-order chi connectivity index (χ1) is 20.6. The fourth-order valence-corrected chi connectivity index (χ4v) is 8.94. The zero-order valence-corrected chi connectivity index (χ0v) is 27.2. The first-order valence-electron chi connectivity index (χ1n) is 16.4. The second kappa shape index (κ2) is 15.6. The maximum atomic E-state index is 13.5. The third kappa shape index (κ3) is 8.80. The highest BCUT2D eigenvalue weighted by Crippen LogP contribution is 2.43. The van der Waals surface area contributed by atoms with Crippen LogP contribution in [0.15, 0.2) is 59.5 Å². The minimum atomic E-state index is -3.58. The second-order valence-electron chi connectivity index (χ2n) is 13.3. The van der Waals surface area contributed by atoms with E-state index in [-0.39, 0.29) is 73.3 Å². The zero-order valence-electron chi connectivity index (χ0n) is 26.4.